The average molecular weight is 255 g/mol. The maximum Gasteiger partial charge on any atom is 0.262 e. The van der Waals surface area contributed by atoms with Gasteiger partial charge in [-0.05, 0) is 17.4 Å². The van der Waals surface area contributed by atoms with Crippen molar-refractivity contribution in [2.45, 2.75) is 18.2 Å². The molecule has 2 rings (SSSR count). The third-order valence-electron chi connectivity index (χ3n) is 2.59. The van der Waals surface area contributed by atoms with Crippen molar-refractivity contribution in [1.29, 1.82) is 0 Å². The minimum atomic E-state index is -3.70. The quantitative estimate of drug-likeness (QED) is 0.771. The van der Waals surface area contributed by atoms with E-state index >= 15 is 0 Å². The van der Waals surface area contributed by atoms with E-state index in [2.05, 4.69) is 0 Å². The van der Waals surface area contributed by atoms with Crippen molar-refractivity contribution >= 4 is 30.5 Å². The standard InChI is InChI=1S/C12H11ClO2S/c1-2-9-7-8-10-5-3-4-6-11(10)12(9)16(13,14)15/h3-8H,2H2,1H3. The Morgan fingerprint density at radius 1 is 1.12 bits per heavy atom. The first kappa shape index (κ1) is 11.4. The molecule has 0 bridgehead atoms. The third-order valence-corrected chi connectivity index (χ3v) is 4.02. The fourth-order valence-electron chi connectivity index (χ4n) is 1.85. The van der Waals surface area contributed by atoms with Crippen molar-refractivity contribution in [3.63, 3.8) is 0 Å². The molecular formula is C12H11ClO2S. The van der Waals surface area contributed by atoms with E-state index < -0.39 is 9.05 Å². The van der Waals surface area contributed by atoms with E-state index in [9.17, 15) is 8.42 Å². The van der Waals surface area contributed by atoms with E-state index in [1.165, 1.54) is 0 Å². The van der Waals surface area contributed by atoms with Crippen LogP contribution in [0.25, 0.3) is 10.8 Å². The maximum atomic E-state index is 11.6. The van der Waals surface area contributed by atoms with Crippen LogP contribution < -0.4 is 0 Å². The summed E-state index contributed by atoms with van der Waals surface area (Å²) in [6, 6.07) is 11.1. The Kier molecular flexibility index (Phi) is 2.91. The van der Waals surface area contributed by atoms with E-state index in [-0.39, 0.29) is 4.90 Å². The van der Waals surface area contributed by atoms with Crippen LogP contribution in [0.2, 0.25) is 0 Å². The second-order valence-corrected chi connectivity index (χ2v) is 6.07. The molecule has 16 heavy (non-hydrogen) atoms. The average Bonchev–Trinajstić information content (AvgIpc) is 2.26. The number of hydrogen-bond acceptors (Lipinski definition) is 2. The van der Waals surface area contributed by atoms with Crippen molar-refractivity contribution in [2.24, 2.45) is 0 Å². The SMILES string of the molecule is CCc1ccc2ccccc2c1S(=O)(=O)Cl. The zero-order chi connectivity index (χ0) is 11.8. The number of hydrogen-bond donors (Lipinski definition) is 0. The van der Waals surface area contributed by atoms with Crippen LogP contribution in [0.15, 0.2) is 41.3 Å². The number of benzene rings is 2. The molecule has 0 saturated heterocycles. The van der Waals surface area contributed by atoms with Gasteiger partial charge in [-0.25, -0.2) is 8.42 Å². The van der Waals surface area contributed by atoms with Gasteiger partial charge in [0.1, 0.15) is 0 Å². The van der Waals surface area contributed by atoms with Gasteiger partial charge in [-0.3, -0.25) is 0 Å². The molecule has 0 fully saturated rings. The van der Waals surface area contributed by atoms with Crippen LogP contribution in [-0.2, 0) is 15.5 Å². The van der Waals surface area contributed by atoms with Crippen molar-refractivity contribution in [3.8, 4) is 0 Å². The second kappa shape index (κ2) is 4.07. The molecule has 0 heterocycles. The smallest absolute Gasteiger partial charge is 0.207 e. The van der Waals surface area contributed by atoms with Gasteiger partial charge in [0.2, 0.25) is 0 Å². The molecular weight excluding hydrogens is 244 g/mol. The summed E-state index contributed by atoms with van der Waals surface area (Å²) in [5, 5.41) is 1.58. The summed E-state index contributed by atoms with van der Waals surface area (Å²) in [4.78, 5) is 0.245. The van der Waals surface area contributed by atoms with Gasteiger partial charge >= 0.3 is 0 Å². The first-order valence-electron chi connectivity index (χ1n) is 4.99. The highest BCUT2D eigenvalue weighted by Gasteiger charge is 2.17. The molecule has 0 spiro atoms. The van der Waals surface area contributed by atoms with E-state index in [0.29, 0.717) is 11.8 Å². The van der Waals surface area contributed by atoms with Crippen molar-refractivity contribution in [1.82, 2.24) is 0 Å². The topological polar surface area (TPSA) is 34.1 Å². The zero-order valence-electron chi connectivity index (χ0n) is 8.77. The molecule has 0 N–H and O–H groups in total. The van der Waals surface area contributed by atoms with Gasteiger partial charge in [0.15, 0.2) is 0 Å². The molecule has 2 nitrogen and oxygen atoms in total. The summed E-state index contributed by atoms with van der Waals surface area (Å²) < 4.78 is 23.2. The first-order chi connectivity index (χ1) is 7.54. The molecule has 0 aliphatic heterocycles. The molecule has 0 aliphatic rings. The molecule has 0 amide bonds. The van der Waals surface area contributed by atoms with Gasteiger partial charge in [0, 0.05) is 16.1 Å². The minimum absolute atomic E-state index is 0.245. The number of rotatable bonds is 2. The third kappa shape index (κ3) is 1.93. The molecule has 0 saturated carbocycles. The molecule has 2 aromatic rings. The van der Waals surface area contributed by atoms with Crippen LogP contribution in [0.3, 0.4) is 0 Å². The Morgan fingerprint density at radius 2 is 1.81 bits per heavy atom. The summed E-state index contributed by atoms with van der Waals surface area (Å²) >= 11 is 0. The Balaban J connectivity index is 2.95. The maximum absolute atomic E-state index is 11.6. The lowest BCUT2D eigenvalue weighted by atomic mass is 10.1. The largest absolute Gasteiger partial charge is 0.262 e. The lowest BCUT2D eigenvalue weighted by molar-refractivity contribution is 0.609. The van der Waals surface area contributed by atoms with E-state index in [4.69, 9.17) is 10.7 Å². The van der Waals surface area contributed by atoms with Crippen LogP contribution in [0.4, 0.5) is 0 Å². The normalized spacial score (nSPS) is 11.9. The predicted octanol–water partition coefficient (Wildman–Crippen LogP) is 3.33. The van der Waals surface area contributed by atoms with Crippen molar-refractivity contribution in [2.75, 3.05) is 0 Å². The Bertz CT molecular complexity index is 633. The summed E-state index contributed by atoms with van der Waals surface area (Å²) in [7, 11) is 1.79. The van der Waals surface area contributed by atoms with Gasteiger partial charge in [-0.15, -0.1) is 0 Å². The second-order valence-electron chi connectivity index (χ2n) is 3.57. The molecule has 0 aromatic heterocycles. The summed E-state index contributed by atoms with van der Waals surface area (Å²) in [6.07, 6.45) is 0.645. The van der Waals surface area contributed by atoms with Gasteiger partial charge < -0.3 is 0 Å². The van der Waals surface area contributed by atoms with Gasteiger partial charge in [0.25, 0.3) is 9.05 Å². The molecule has 0 aliphatic carbocycles. The van der Waals surface area contributed by atoms with E-state index in [1.54, 1.807) is 6.07 Å². The fraction of sp³-hybridized carbons (Fsp3) is 0.167. The van der Waals surface area contributed by atoms with Crippen LogP contribution in [0.1, 0.15) is 12.5 Å². The number of fused-ring (bicyclic) bond motifs is 1. The molecule has 0 radical (unpaired) electrons. The fourth-order valence-corrected chi connectivity index (χ4v) is 3.38. The monoisotopic (exact) mass is 254 g/mol. The summed E-state index contributed by atoms with van der Waals surface area (Å²) in [5.74, 6) is 0. The van der Waals surface area contributed by atoms with Gasteiger partial charge in [-0.2, -0.15) is 0 Å². The molecule has 2 aromatic carbocycles. The lowest BCUT2D eigenvalue weighted by Gasteiger charge is -2.08. The Hall–Kier alpha value is -1.06. The predicted molar refractivity (Wildman–Crippen MR) is 66.4 cm³/mol. The highest BCUT2D eigenvalue weighted by Crippen LogP contribution is 2.29. The van der Waals surface area contributed by atoms with Gasteiger partial charge in [0.05, 0.1) is 4.90 Å². The molecule has 84 valence electrons. The Labute approximate surface area is 99.3 Å². The number of aryl methyl sites for hydroxylation is 1. The Morgan fingerprint density at radius 3 is 2.44 bits per heavy atom. The van der Waals surface area contributed by atoms with E-state index in [0.717, 1.165) is 10.9 Å². The van der Waals surface area contributed by atoms with Crippen LogP contribution in [0, 0.1) is 0 Å². The zero-order valence-corrected chi connectivity index (χ0v) is 10.3. The van der Waals surface area contributed by atoms with Crippen LogP contribution >= 0.6 is 10.7 Å². The van der Waals surface area contributed by atoms with Crippen molar-refractivity contribution in [3.05, 3.63) is 42.0 Å². The van der Waals surface area contributed by atoms with Crippen LogP contribution in [0.5, 0.6) is 0 Å². The van der Waals surface area contributed by atoms with E-state index in [1.807, 2.05) is 37.3 Å². The highest BCUT2D eigenvalue weighted by atomic mass is 35.7. The molecule has 0 atom stereocenters. The molecule has 4 heteroatoms. The number of halogens is 1. The van der Waals surface area contributed by atoms with Crippen molar-refractivity contribution < 1.29 is 8.42 Å². The summed E-state index contributed by atoms with van der Waals surface area (Å²) in [6.45, 7) is 1.91. The summed E-state index contributed by atoms with van der Waals surface area (Å²) in [5.41, 5.74) is 0.758. The first-order valence-corrected chi connectivity index (χ1v) is 7.30. The lowest BCUT2D eigenvalue weighted by Crippen LogP contribution is -1.98. The van der Waals surface area contributed by atoms with Gasteiger partial charge in [-0.1, -0.05) is 43.3 Å². The highest BCUT2D eigenvalue weighted by molar-refractivity contribution is 8.14. The van der Waals surface area contributed by atoms with Crippen LogP contribution in [-0.4, -0.2) is 8.42 Å². The minimum Gasteiger partial charge on any atom is -0.207 e. The molecule has 0 unspecified atom stereocenters.